The number of hydrogen-bond acceptors (Lipinski definition) is 4. The lowest BCUT2D eigenvalue weighted by Gasteiger charge is -2.15. The third-order valence-corrected chi connectivity index (χ3v) is 3.18. The van der Waals surface area contributed by atoms with Gasteiger partial charge in [0.25, 0.3) is 0 Å². The van der Waals surface area contributed by atoms with Gasteiger partial charge in [-0.05, 0) is 13.5 Å². The first-order valence-electron chi connectivity index (χ1n) is 5.97. The topological polar surface area (TPSA) is 61.6 Å². The van der Waals surface area contributed by atoms with Gasteiger partial charge in [-0.1, -0.05) is 11.6 Å². The maximum absolute atomic E-state index is 12.0. The normalized spacial score (nSPS) is 14.2. The molecule has 0 atom stereocenters. The van der Waals surface area contributed by atoms with Crippen LogP contribution in [0.4, 0.5) is 0 Å². The predicted octanol–water partition coefficient (Wildman–Crippen LogP) is 2.34. The Hall–Kier alpha value is -1.26. The van der Waals surface area contributed by atoms with E-state index in [1.165, 1.54) is 0 Å². The zero-order chi connectivity index (χ0) is 13.1. The highest BCUT2D eigenvalue weighted by atomic mass is 35.5. The Balaban J connectivity index is 2.48. The third kappa shape index (κ3) is 2.44. The zero-order valence-corrected chi connectivity index (χ0v) is 11.0. The highest BCUT2D eigenvalue weighted by Crippen LogP contribution is 2.39. The molecule has 0 saturated heterocycles. The van der Waals surface area contributed by atoms with E-state index in [4.69, 9.17) is 26.8 Å². The lowest BCUT2D eigenvalue weighted by Crippen LogP contribution is -2.11. The molecular formula is C13H16ClNO3. The van der Waals surface area contributed by atoms with Crippen molar-refractivity contribution in [2.75, 3.05) is 19.8 Å². The van der Waals surface area contributed by atoms with Crippen LogP contribution < -0.4 is 15.2 Å². The van der Waals surface area contributed by atoms with Crippen LogP contribution in [-0.4, -0.2) is 25.5 Å². The van der Waals surface area contributed by atoms with Gasteiger partial charge >= 0.3 is 0 Å². The van der Waals surface area contributed by atoms with E-state index in [2.05, 4.69) is 0 Å². The van der Waals surface area contributed by atoms with E-state index in [0.717, 1.165) is 12.0 Å². The number of ether oxygens (including phenoxy) is 2. The van der Waals surface area contributed by atoms with Crippen molar-refractivity contribution in [3.05, 3.63) is 22.2 Å². The number of rotatable bonds is 3. The summed E-state index contributed by atoms with van der Waals surface area (Å²) in [5.74, 6) is 1.17. The molecule has 1 aliphatic heterocycles. The quantitative estimate of drug-likeness (QED) is 0.856. The molecule has 0 fully saturated rings. The minimum atomic E-state index is -0.0596. The lowest BCUT2D eigenvalue weighted by molar-refractivity contribution is 0.0984. The van der Waals surface area contributed by atoms with Crippen molar-refractivity contribution in [3.63, 3.8) is 0 Å². The molecule has 0 bridgehead atoms. The van der Waals surface area contributed by atoms with Crippen LogP contribution in [0, 0.1) is 6.92 Å². The van der Waals surface area contributed by atoms with Crippen LogP contribution in [0.1, 0.15) is 28.8 Å². The van der Waals surface area contributed by atoms with Crippen LogP contribution in [0.5, 0.6) is 11.5 Å². The van der Waals surface area contributed by atoms with E-state index in [0.29, 0.717) is 41.8 Å². The molecule has 0 aliphatic carbocycles. The van der Waals surface area contributed by atoms with Crippen molar-refractivity contribution in [1.29, 1.82) is 0 Å². The van der Waals surface area contributed by atoms with Gasteiger partial charge in [-0.2, -0.15) is 0 Å². The molecule has 0 unspecified atom stereocenters. The van der Waals surface area contributed by atoms with Crippen LogP contribution in [0.2, 0.25) is 5.02 Å². The zero-order valence-electron chi connectivity index (χ0n) is 10.3. The number of Topliss-reactive ketones (excluding diaryl/α,β-unsaturated/α-hetero) is 1. The molecule has 0 saturated carbocycles. The number of benzene rings is 1. The fraction of sp³-hybridized carbons (Fsp3) is 0.462. The number of fused-ring (bicyclic) bond motifs is 1. The van der Waals surface area contributed by atoms with E-state index >= 15 is 0 Å². The summed E-state index contributed by atoms with van der Waals surface area (Å²) in [4.78, 5) is 12.0. The van der Waals surface area contributed by atoms with Crippen molar-refractivity contribution >= 4 is 17.4 Å². The fourth-order valence-corrected chi connectivity index (χ4v) is 2.38. The van der Waals surface area contributed by atoms with Crippen LogP contribution in [0.15, 0.2) is 6.07 Å². The van der Waals surface area contributed by atoms with Crippen molar-refractivity contribution in [3.8, 4) is 11.5 Å². The Morgan fingerprint density at radius 1 is 1.44 bits per heavy atom. The summed E-state index contributed by atoms with van der Waals surface area (Å²) in [5, 5.41) is 0.398. The number of carbonyl (C=O) groups excluding carboxylic acids is 1. The highest BCUT2D eigenvalue weighted by molar-refractivity contribution is 6.34. The minimum absolute atomic E-state index is 0.0596. The van der Waals surface area contributed by atoms with Crippen molar-refractivity contribution < 1.29 is 14.3 Å². The molecule has 0 spiro atoms. The maximum Gasteiger partial charge on any atom is 0.166 e. The van der Waals surface area contributed by atoms with Crippen LogP contribution in [0.3, 0.4) is 0 Å². The Labute approximate surface area is 111 Å². The second-order valence-electron chi connectivity index (χ2n) is 4.20. The van der Waals surface area contributed by atoms with E-state index in [1.54, 1.807) is 6.07 Å². The predicted molar refractivity (Wildman–Crippen MR) is 69.8 cm³/mol. The largest absolute Gasteiger partial charge is 0.489 e. The molecule has 2 rings (SSSR count). The molecule has 0 aromatic heterocycles. The molecule has 98 valence electrons. The minimum Gasteiger partial charge on any atom is -0.489 e. The van der Waals surface area contributed by atoms with Gasteiger partial charge < -0.3 is 15.2 Å². The summed E-state index contributed by atoms with van der Waals surface area (Å²) in [6, 6.07) is 1.65. The van der Waals surface area contributed by atoms with E-state index < -0.39 is 0 Å². The average Bonchev–Trinajstić information content (AvgIpc) is 2.54. The molecule has 1 aromatic rings. The van der Waals surface area contributed by atoms with Crippen molar-refractivity contribution in [1.82, 2.24) is 0 Å². The third-order valence-electron chi connectivity index (χ3n) is 2.88. The number of carbonyl (C=O) groups is 1. The van der Waals surface area contributed by atoms with Crippen molar-refractivity contribution in [2.24, 2.45) is 5.73 Å². The van der Waals surface area contributed by atoms with E-state index in [-0.39, 0.29) is 12.2 Å². The SMILES string of the molecule is Cc1c2c(cc(Cl)c1C(=O)CCN)OCCCO2. The Morgan fingerprint density at radius 3 is 2.89 bits per heavy atom. The standard InChI is InChI=1S/C13H16ClNO3/c1-8-12(10(16)3-4-15)9(14)7-11-13(8)18-6-2-5-17-11/h7H,2-6,15H2,1H3. The number of ketones is 1. The summed E-state index contributed by atoms with van der Waals surface area (Å²) >= 11 is 6.15. The second kappa shape index (κ2) is 5.59. The second-order valence-corrected chi connectivity index (χ2v) is 4.61. The Bertz CT molecular complexity index is 474. The van der Waals surface area contributed by atoms with Gasteiger partial charge in [0, 0.05) is 30.0 Å². The summed E-state index contributed by atoms with van der Waals surface area (Å²) < 4.78 is 11.2. The first-order valence-corrected chi connectivity index (χ1v) is 6.35. The summed E-state index contributed by atoms with van der Waals surface area (Å²) in [6.45, 7) is 3.31. The van der Waals surface area contributed by atoms with Gasteiger partial charge in [0.2, 0.25) is 0 Å². The molecule has 1 aliphatic rings. The number of hydrogen-bond donors (Lipinski definition) is 1. The first kappa shape index (κ1) is 13.2. The van der Waals surface area contributed by atoms with Crippen LogP contribution in [0.25, 0.3) is 0 Å². The summed E-state index contributed by atoms with van der Waals surface area (Å²) in [6.07, 6.45) is 1.10. The van der Waals surface area contributed by atoms with Gasteiger partial charge in [0.1, 0.15) is 0 Å². The molecule has 4 nitrogen and oxygen atoms in total. The highest BCUT2D eigenvalue weighted by Gasteiger charge is 2.22. The summed E-state index contributed by atoms with van der Waals surface area (Å²) in [7, 11) is 0. The van der Waals surface area contributed by atoms with Crippen LogP contribution in [-0.2, 0) is 0 Å². The Kier molecular flexibility index (Phi) is 4.09. The number of nitrogens with two attached hydrogens (primary N) is 1. The van der Waals surface area contributed by atoms with Gasteiger partial charge in [0.05, 0.1) is 18.2 Å². The maximum atomic E-state index is 12.0. The molecule has 0 radical (unpaired) electrons. The van der Waals surface area contributed by atoms with Gasteiger partial charge in [0.15, 0.2) is 17.3 Å². The molecule has 2 N–H and O–H groups in total. The molecule has 18 heavy (non-hydrogen) atoms. The molecule has 0 amide bonds. The monoisotopic (exact) mass is 269 g/mol. The summed E-state index contributed by atoms with van der Waals surface area (Å²) in [5.41, 5.74) is 6.64. The van der Waals surface area contributed by atoms with Gasteiger partial charge in [-0.3, -0.25) is 4.79 Å². The first-order chi connectivity index (χ1) is 8.65. The van der Waals surface area contributed by atoms with E-state index in [1.807, 2.05) is 6.92 Å². The molecule has 1 aromatic carbocycles. The number of halogens is 1. The fourth-order valence-electron chi connectivity index (χ4n) is 2.03. The molecule has 1 heterocycles. The van der Waals surface area contributed by atoms with Crippen molar-refractivity contribution in [2.45, 2.75) is 19.8 Å². The van der Waals surface area contributed by atoms with E-state index in [9.17, 15) is 4.79 Å². The molecule has 5 heteroatoms. The average molecular weight is 270 g/mol. The molecular weight excluding hydrogens is 254 g/mol. The van der Waals surface area contributed by atoms with Gasteiger partial charge in [-0.25, -0.2) is 0 Å². The smallest absolute Gasteiger partial charge is 0.166 e. The Morgan fingerprint density at radius 2 is 2.17 bits per heavy atom. The van der Waals surface area contributed by atoms with Crippen LogP contribution >= 0.6 is 11.6 Å². The lowest BCUT2D eigenvalue weighted by atomic mass is 10.0. The van der Waals surface area contributed by atoms with Gasteiger partial charge in [-0.15, -0.1) is 0 Å².